The molecule has 2 rings (SSSR count). The topological polar surface area (TPSA) is 71.3 Å². The standard InChI is InChI=1S/C13H14Cl2F2N2O3S/c14-8-2-10(23-11(8)15)12(21)18-7-1-9(17)13(22)19(4-7)3-6(16)5-20/h1,4,6,8,10-11,20H,2-3,5H2,(H,18,21). The number of nitrogens with zero attached hydrogens (tertiary/aromatic N) is 1. The number of thioether (sulfide) groups is 1. The third-order valence-electron chi connectivity index (χ3n) is 3.21. The molecule has 0 bridgehead atoms. The first kappa shape index (κ1) is 18.5. The quantitative estimate of drug-likeness (QED) is 0.758. The molecular weight excluding hydrogens is 373 g/mol. The molecule has 0 aliphatic carbocycles. The van der Waals surface area contributed by atoms with Crippen molar-refractivity contribution in [1.82, 2.24) is 4.57 Å². The molecule has 1 aromatic rings. The van der Waals surface area contributed by atoms with Gasteiger partial charge in [-0.1, -0.05) is 0 Å². The number of hydrogen-bond acceptors (Lipinski definition) is 4. The number of aliphatic hydroxyl groups is 1. The van der Waals surface area contributed by atoms with Crippen LogP contribution in [0.1, 0.15) is 6.42 Å². The molecule has 0 aromatic carbocycles. The summed E-state index contributed by atoms with van der Waals surface area (Å²) in [6.45, 7) is -1.31. The van der Waals surface area contributed by atoms with Gasteiger partial charge in [0.1, 0.15) is 6.17 Å². The maximum absolute atomic E-state index is 13.6. The highest BCUT2D eigenvalue weighted by molar-refractivity contribution is 8.02. The van der Waals surface area contributed by atoms with E-state index in [2.05, 4.69) is 5.32 Å². The zero-order chi connectivity index (χ0) is 17.1. The highest BCUT2D eigenvalue weighted by Gasteiger charge is 2.36. The summed E-state index contributed by atoms with van der Waals surface area (Å²) in [6, 6.07) is 0.860. The number of halogens is 4. The number of pyridine rings is 1. The molecule has 23 heavy (non-hydrogen) atoms. The number of carbonyl (C=O) groups excluding carboxylic acids is 1. The average Bonchev–Trinajstić information content (AvgIpc) is 2.83. The van der Waals surface area contributed by atoms with Gasteiger partial charge in [-0.25, -0.2) is 8.78 Å². The summed E-state index contributed by atoms with van der Waals surface area (Å²) in [5.74, 6) is -1.55. The van der Waals surface area contributed by atoms with Crippen LogP contribution in [-0.2, 0) is 11.3 Å². The zero-order valence-electron chi connectivity index (χ0n) is 11.7. The lowest BCUT2D eigenvalue weighted by Crippen LogP contribution is -2.30. The smallest absolute Gasteiger partial charge is 0.286 e. The highest BCUT2D eigenvalue weighted by Crippen LogP contribution is 2.39. The van der Waals surface area contributed by atoms with Gasteiger partial charge in [0, 0.05) is 12.3 Å². The number of nitrogens with one attached hydrogen (secondary N) is 1. The van der Waals surface area contributed by atoms with Gasteiger partial charge in [-0.2, -0.15) is 0 Å². The summed E-state index contributed by atoms with van der Waals surface area (Å²) in [5.41, 5.74) is -1.02. The molecule has 0 radical (unpaired) electrons. The molecular formula is C13H14Cl2F2N2O3S. The van der Waals surface area contributed by atoms with E-state index in [9.17, 15) is 18.4 Å². The Morgan fingerprint density at radius 3 is 2.83 bits per heavy atom. The summed E-state index contributed by atoms with van der Waals surface area (Å²) in [7, 11) is 0. The number of carbonyl (C=O) groups is 1. The van der Waals surface area contributed by atoms with Crippen molar-refractivity contribution in [2.45, 2.75) is 34.5 Å². The van der Waals surface area contributed by atoms with Crippen molar-refractivity contribution in [1.29, 1.82) is 0 Å². The van der Waals surface area contributed by atoms with Crippen molar-refractivity contribution in [3.05, 3.63) is 28.4 Å². The molecule has 1 aromatic heterocycles. The Morgan fingerprint density at radius 1 is 1.57 bits per heavy atom. The minimum Gasteiger partial charge on any atom is -0.393 e. The van der Waals surface area contributed by atoms with Crippen LogP contribution in [0.2, 0.25) is 0 Å². The molecule has 2 N–H and O–H groups in total. The van der Waals surface area contributed by atoms with Crippen molar-refractivity contribution in [3.8, 4) is 0 Å². The molecule has 0 spiro atoms. The summed E-state index contributed by atoms with van der Waals surface area (Å²) in [5, 5.41) is 10.3. The van der Waals surface area contributed by atoms with Crippen LogP contribution in [0.25, 0.3) is 0 Å². The summed E-state index contributed by atoms with van der Waals surface area (Å²) in [6.07, 6.45) is -0.218. The third-order valence-corrected chi connectivity index (χ3v) is 5.86. The molecule has 5 nitrogen and oxygen atoms in total. The maximum atomic E-state index is 13.6. The molecule has 128 valence electrons. The summed E-state index contributed by atoms with van der Waals surface area (Å²) >= 11 is 13.1. The Kier molecular flexibility index (Phi) is 6.30. The van der Waals surface area contributed by atoms with E-state index in [0.29, 0.717) is 6.42 Å². The molecule has 1 aliphatic heterocycles. The predicted octanol–water partition coefficient (Wildman–Crippen LogP) is 1.93. The van der Waals surface area contributed by atoms with E-state index in [0.717, 1.165) is 16.8 Å². The van der Waals surface area contributed by atoms with Gasteiger partial charge >= 0.3 is 0 Å². The number of alkyl halides is 3. The summed E-state index contributed by atoms with van der Waals surface area (Å²) < 4.78 is 27.2. The Balaban J connectivity index is 2.14. The molecule has 1 amide bonds. The molecule has 1 fully saturated rings. The van der Waals surface area contributed by atoms with Crippen LogP contribution in [0.5, 0.6) is 0 Å². The fraction of sp³-hybridized carbons (Fsp3) is 0.538. The number of aromatic nitrogens is 1. The largest absolute Gasteiger partial charge is 0.393 e. The Bertz CT molecular complexity index is 636. The van der Waals surface area contributed by atoms with Crippen LogP contribution < -0.4 is 10.9 Å². The van der Waals surface area contributed by atoms with E-state index < -0.39 is 46.6 Å². The first-order valence-corrected chi connectivity index (χ1v) is 8.52. The minimum absolute atomic E-state index is 0.0157. The van der Waals surface area contributed by atoms with Crippen molar-refractivity contribution in [2.24, 2.45) is 0 Å². The van der Waals surface area contributed by atoms with Crippen LogP contribution >= 0.6 is 35.0 Å². The predicted molar refractivity (Wildman–Crippen MR) is 86.5 cm³/mol. The van der Waals surface area contributed by atoms with Gasteiger partial charge in [-0.3, -0.25) is 9.59 Å². The monoisotopic (exact) mass is 386 g/mol. The normalized spacial score (nSPS) is 25.3. The number of anilines is 1. The van der Waals surface area contributed by atoms with Gasteiger partial charge < -0.3 is 15.0 Å². The average molecular weight is 387 g/mol. The van der Waals surface area contributed by atoms with E-state index in [1.54, 1.807) is 0 Å². The van der Waals surface area contributed by atoms with Gasteiger partial charge in [-0.05, 0) is 6.42 Å². The zero-order valence-corrected chi connectivity index (χ0v) is 14.0. The second kappa shape index (κ2) is 7.83. The van der Waals surface area contributed by atoms with E-state index in [4.69, 9.17) is 28.3 Å². The van der Waals surface area contributed by atoms with Gasteiger partial charge in [0.25, 0.3) is 5.56 Å². The van der Waals surface area contributed by atoms with Crippen molar-refractivity contribution >= 4 is 46.6 Å². The summed E-state index contributed by atoms with van der Waals surface area (Å²) in [4.78, 5) is 23.7. The SMILES string of the molecule is O=C(Nc1cc(F)c(=O)n(CC(F)CO)c1)C1CC(Cl)C(Cl)S1. The Labute approximate surface area is 145 Å². The van der Waals surface area contributed by atoms with Crippen LogP contribution in [-0.4, -0.2) is 43.7 Å². The van der Waals surface area contributed by atoms with Crippen LogP contribution in [0.3, 0.4) is 0 Å². The van der Waals surface area contributed by atoms with Gasteiger partial charge in [0.15, 0.2) is 5.82 Å². The molecule has 4 atom stereocenters. The number of rotatable bonds is 5. The lowest BCUT2D eigenvalue weighted by molar-refractivity contribution is -0.115. The maximum Gasteiger partial charge on any atom is 0.286 e. The van der Waals surface area contributed by atoms with Crippen LogP contribution in [0, 0.1) is 5.82 Å². The van der Waals surface area contributed by atoms with E-state index in [1.165, 1.54) is 11.8 Å². The number of hydrogen-bond donors (Lipinski definition) is 2. The fourth-order valence-corrected chi connectivity index (χ4v) is 4.11. The third kappa shape index (κ3) is 4.59. The molecule has 1 saturated heterocycles. The van der Waals surface area contributed by atoms with Crippen molar-refractivity contribution in [2.75, 3.05) is 11.9 Å². The molecule has 1 aliphatic rings. The highest BCUT2D eigenvalue weighted by atomic mass is 35.5. The van der Waals surface area contributed by atoms with E-state index in [-0.39, 0.29) is 11.1 Å². The molecule has 4 unspecified atom stereocenters. The van der Waals surface area contributed by atoms with Crippen molar-refractivity contribution < 1.29 is 18.7 Å². The van der Waals surface area contributed by atoms with Crippen molar-refractivity contribution in [3.63, 3.8) is 0 Å². The Morgan fingerprint density at radius 2 is 2.26 bits per heavy atom. The molecule has 0 saturated carbocycles. The molecule has 2 heterocycles. The molecule has 10 heteroatoms. The lowest BCUT2D eigenvalue weighted by Gasteiger charge is -2.13. The Hall–Kier alpha value is -0.830. The first-order chi connectivity index (χ1) is 10.8. The van der Waals surface area contributed by atoms with Gasteiger partial charge in [0.2, 0.25) is 5.91 Å². The lowest BCUT2D eigenvalue weighted by atomic mass is 10.2. The van der Waals surface area contributed by atoms with Crippen LogP contribution in [0.15, 0.2) is 17.1 Å². The van der Waals surface area contributed by atoms with E-state index in [1.807, 2.05) is 0 Å². The number of aliphatic hydroxyl groups excluding tert-OH is 1. The second-order valence-corrected chi connectivity index (χ2v) is 7.67. The fourth-order valence-electron chi connectivity index (χ4n) is 2.08. The number of amides is 1. The minimum atomic E-state index is -1.71. The van der Waals surface area contributed by atoms with E-state index >= 15 is 0 Å². The van der Waals surface area contributed by atoms with Crippen LogP contribution in [0.4, 0.5) is 14.5 Å². The van der Waals surface area contributed by atoms with Gasteiger partial charge in [-0.15, -0.1) is 35.0 Å². The second-order valence-electron chi connectivity index (χ2n) is 5.03. The van der Waals surface area contributed by atoms with Gasteiger partial charge in [0.05, 0.1) is 34.2 Å². The first-order valence-electron chi connectivity index (χ1n) is 6.71.